The van der Waals surface area contributed by atoms with Crippen molar-refractivity contribution >= 4 is 22.9 Å². The van der Waals surface area contributed by atoms with Gasteiger partial charge in [-0.2, -0.15) is 0 Å². The van der Waals surface area contributed by atoms with Crippen LogP contribution >= 0.6 is 12.2 Å². The molecule has 1 heterocycles. The Morgan fingerprint density at radius 2 is 2.17 bits per heavy atom. The Morgan fingerprint density at radius 3 is 2.72 bits per heavy atom. The molecule has 0 amide bonds. The highest BCUT2D eigenvalue weighted by atomic mass is 32.1. The van der Waals surface area contributed by atoms with Crippen LogP contribution < -0.4 is 10.6 Å². The zero-order valence-corrected chi connectivity index (χ0v) is 12.3. The normalized spacial score (nSPS) is 10.7. The van der Waals surface area contributed by atoms with E-state index < -0.39 is 0 Å². The summed E-state index contributed by atoms with van der Waals surface area (Å²) in [5, 5.41) is 0. The molecule has 0 saturated carbocycles. The Kier molecular flexibility index (Phi) is 6.05. The van der Waals surface area contributed by atoms with Crippen molar-refractivity contribution in [2.24, 2.45) is 5.73 Å². The van der Waals surface area contributed by atoms with Crippen molar-refractivity contribution in [2.75, 3.05) is 11.4 Å². The van der Waals surface area contributed by atoms with Crippen molar-refractivity contribution in [1.29, 1.82) is 0 Å². The fourth-order valence-corrected chi connectivity index (χ4v) is 2.06. The summed E-state index contributed by atoms with van der Waals surface area (Å²) in [6.45, 7) is 7.68. The average molecular weight is 265 g/mol. The van der Waals surface area contributed by atoms with Gasteiger partial charge in [0, 0.05) is 24.5 Å². The van der Waals surface area contributed by atoms with Gasteiger partial charge in [-0.3, -0.25) is 4.98 Å². The van der Waals surface area contributed by atoms with Gasteiger partial charge in [0.05, 0.1) is 5.69 Å². The van der Waals surface area contributed by atoms with Crippen LogP contribution in [-0.2, 0) is 0 Å². The van der Waals surface area contributed by atoms with Gasteiger partial charge in [-0.15, -0.1) is 0 Å². The van der Waals surface area contributed by atoms with Gasteiger partial charge >= 0.3 is 0 Å². The van der Waals surface area contributed by atoms with Crippen molar-refractivity contribution < 1.29 is 0 Å². The second-order valence-corrected chi connectivity index (χ2v) is 5.20. The zero-order chi connectivity index (χ0) is 13.5. The molecule has 100 valence electrons. The minimum absolute atomic E-state index is 0.356. The third kappa shape index (κ3) is 4.26. The van der Waals surface area contributed by atoms with Crippen molar-refractivity contribution in [3.05, 3.63) is 24.0 Å². The number of pyridine rings is 1. The summed E-state index contributed by atoms with van der Waals surface area (Å²) in [7, 11) is 0. The molecule has 1 aromatic heterocycles. The number of hydrogen-bond acceptors (Lipinski definition) is 3. The Hall–Kier alpha value is -1.16. The van der Waals surface area contributed by atoms with E-state index in [9.17, 15) is 0 Å². The van der Waals surface area contributed by atoms with Crippen LogP contribution in [0, 0.1) is 0 Å². The van der Waals surface area contributed by atoms with Gasteiger partial charge in [0.2, 0.25) is 0 Å². The second-order valence-electron chi connectivity index (χ2n) is 4.76. The zero-order valence-electron chi connectivity index (χ0n) is 11.5. The van der Waals surface area contributed by atoms with Gasteiger partial charge < -0.3 is 10.6 Å². The van der Waals surface area contributed by atoms with Gasteiger partial charge in [-0.05, 0) is 32.4 Å². The van der Waals surface area contributed by atoms with E-state index in [0.717, 1.165) is 12.2 Å². The lowest BCUT2D eigenvalue weighted by Crippen LogP contribution is -2.32. The fraction of sp³-hybridized carbons (Fsp3) is 0.571. The lowest BCUT2D eigenvalue weighted by molar-refractivity contribution is 0.625. The van der Waals surface area contributed by atoms with Crippen LogP contribution in [0.4, 0.5) is 5.69 Å². The van der Waals surface area contributed by atoms with E-state index in [1.807, 2.05) is 12.1 Å². The summed E-state index contributed by atoms with van der Waals surface area (Å²) >= 11 is 4.98. The smallest absolute Gasteiger partial charge is 0.122 e. The van der Waals surface area contributed by atoms with E-state index >= 15 is 0 Å². The first kappa shape index (κ1) is 14.9. The first-order valence-corrected chi connectivity index (χ1v) is 6.99. The fourth-order valence-electron chi connectivity index (χ4n) is 1.95. The van der Waals surface area contributed by atoms with Crippen molar-refractivity contribution in [2.45, 2.75) is 46.1 Å². The van der Waals surface area contributed by atoms with E-state index in [-0.39, 0.29) is 0 Å². The van der Waals surface area contributed by atoms with Gasteiger partial charge in [0.15, 0.2) is 0 Å². The lowest BCUT2D eigenvalue weighted by atomic mass is 10.2. The number of rotatable bonds is 7. The van der Waals surface area contributed by atoms with Crippen molar-refractivity contribution in [3.63, 3.8) is 0 Å². The largest absolute Gasteiger partial charge is 0.388 e. The number of nitrogens with zero attached hydrogens (tertiary/aromatic N) is 2. The van der Waals surface area contributed by atoms with Crippen LogP contribution in [0.3, 0.4) is 0 Å². The molecular weight excluding hydrogens is 242 g/mol. The molecule has 4 heteroatoms. The molecule has 0 atom stereocenters. The molecule has 1 rings (SSSR count). The summed E-state index contributed by atoms with van der Waals surface area (Å²) in [5.74, 6) is 0. The molecule has 0 radical (unpaired) electrons. The summed E-state index contributed by atoms with van der Waals surface area (Å²) in [5.41, 5.74) is 7.48. The van der Waals surface area contributed by atoms with Crippen LogP contribution in [0.15, 0.2) is 18.3 Å². The first-order chi connectivity index (χ1) is 8.56. The van der Waals surface area contributed by atoms with Gasteiger partial charge in [0.1, 0.15) is 4.99 Å². The van der Waals surface area contributed by atoms with Gasteiger partial charge in [-0.1, -0.05) is 32.0 Å². The van der Waals surface area contributed by atoms with E-state index in [4.69, 9.17) is 18.0 Å². The maximum Gasteiger partial charge on any atom is 0.122 e. The number of anilines is 1. The standard InChI is InChI=1S/C14H23N3S/c1-4-5-6-9-17(11(2)3)12-7-8-16-13(10-12)14(15)18/h7-8,10-11H,4-6,9H2,1-3H3,(H2,15,18). The molecule has 0 unspecified atom stereocenters. The van der Waals surface area contributed by atoms with Crippen molar-refractivity contribution in [3.8, 4) is 0 Å². The Morgan fingerprint density at radius 1 is 1.44 bits per heavy atom. The second kappa shape index (κ2) is 7.31. The Balaban J connectivity index is 2.84. The molecule has 0 aliphatic rings. The maximum atomic E-state index is 5.63. The predicted molar refractivity (Wildman–Crippen MR) is 82.1 cm³/mol. The molecule has 3 nitrogen and oxygen atoms in total. The molecule has 2 N–H and O–H groups in total. The molecule has 0 aromatic carbocycles. The minimum atomic E-state index is 0.356. The third-order valence-electron chi connectivity index (χ3n) is 2.95. The van der Waals surface area contributed by atoms with E-state index in [0.29, 0.717) is 16.7 Å². The highest BCUT2D eigenvalue weighted by Crippen LogP contribution is 2.18. The van der Waals surface area contributed by atoms with Crippen LogP contribution in [-0.4, -0.2) is 22.6 Å². The molecule has 0 spiro atoms. The molecule has 0 saturated heterocycles. The molecule has 18 heavy (non-hydrogen) atoms. The molecule has 0 aliphatic heterocycles. The van der Waals surface area contributed by atoms with Gasteiger partial charge in [0.25, 0.3) is 0 Å². The summed E-state index contributed by atoms with van der Waals surface area (Å²) < 4.78 is 0. The summed E-state index contributed by atoms with van der Waals surface area (Å²) in [4.78, 5) is 6.91. The van der Waals surface area contributed by atoms with Crippen LogP contribution in [0.5, 0.6) is 0 Å². The number of hydrogen-bond donors (Lipinski definition) is 1. The predicted octanol–water partition coefficient (Wildman–Crippen LogP) is 3.12. The number of thiocarbonyl (C=S) groups is 1. The maximum absolute atomic E-state index is 5.63. The molecule has 1 aromatic rings. The minimum Gasteiger partial charge on any atom is -0.388 e. The van der Waals surface area contributed by atoms with Gasteiger partial charge in [-0.25, -0.2) is 0 Å². The average Bonchev–Trinajstić information content (AvgIpc) is 2.34. The quantitative estimate of drug-likeness (QED) is 0.607. The Labute approximate surface area is 115 Å². The first-order valence-electron chi connectivity index (χ1n) is 6.58. The summed E-state index contributed by atoms with van der Waals surface area (Å²) in [6.07, 6.45) is 5.48. The van der Waals surface area contributed by atoms with Crippen LogP contribution in [0.1, 0.15) is 45.7 Å². The lowest BCUT2D eigenvalue weighted by Gasteiger charge is -2.29. The van der Waals surface area contributed by atoms with E-state index in [1.54, 1.807) is 6.20 Å². The number of nitrogens with two attached hydrogens (primary N) is 1. The highest BCUT2D eigenvalue weighted by Gasteiger charge is 2.11. The van der Waals surface area contributed by atoms with Crippen LogP contribution in [0.25, 0.3) is 0 Å². The van der Waals surface area contributed by atoms with E-state index in [1.165, 1.54) is 19.3 Å². The number of unbranched alkanes of at least 4 members (excludes halogenated alkanes) is 2. The molecule has 0 bridgehead atoms. The number of aromatic nitrogens is 1. The molecular formula is C14H23N3S. The third-order valence-corrected chi connectivity index (χ3v) is 3.16. The van der Waals surface area contributed by atoms with Crippen LogP contribution in [0.2, 0.25) is 0 Å². The monoisotopic (exact) mass is 265 g/mol. The SMILES string of the molecule is CCCCCN(c1ccnc(C(N)=S)c1)C(C)C. The highest BCUT2D eigenvalue weighted by molar-refractivity contribution is 7.80. The van der Waals surface area contributed by atoms with E-state index in [2.05, 4.69) is 30.7 Å². The Bertz CT molecular complexity index is 390. The van der Waals surface area contributed by atoms with Crippen molar-refractivity contribution in [1.82, 2.24) is 4.98 Å². The molecule has 0 fully saturated rings. The topological polar surface area (TPSA) is 42.2 Å². The molecule has 0 aliphatic carbocycles. The summed E-state index contributed by atoms with van der Waals surface area (Å²) in [6, 6.07) is 4.46.